The summed E-state index contributed by atoms with van der Waals surface area (Å²) in [7, 11) is -1.05. The molecule has 0 aromatic heterocycles. The van der Waals surface area contributed by atoms with E-state index in [1.165, 1.54) is 0 Å². The van der Waals surface area contributed by atoms with Crippen LogP contribution in [0.5, 0.6) is 0 Å². The fraction of sp³-hybridized carbons (Fsp3) is 0.667. The number of methoxy groups -OCH3 is 2. The summed E-state index contributed by atoms with van der Waals surface area (Å²) in [5.41, 5.74) is 18.0. The standard InChI is InChI=1S/C12H20N4O4Si/c1-7(2)21(8(3)4,9(15-13)11(17)19-5)10(16-14)12(18)20-6/h7-8H,1-6H3. The summed E-state index contributed by atoms with van der Waals surface area (Å²) in [6, 6.07) is 0. The van der Waals surface area contributed by atoms with Gasteiger partial charge in [0.15, 0.2) is 0 Å². The van der Waals surface area contributed by atoms with Crippen molar-refractivity contribution in [3.8, 4) is 0 Å². The first kappa shape index (κ1) is 18.9. The van der Waals surface area contributed by atoms with Gasteiger partial charge in [0.1, 0.15) is 0 Å². The van der Waals surface area contributed by atoms with Crippen molar-refractivity contribution in [1.82, 2.24) is 0 Å². The number of esters is 2. The normalized spacial score (nSPS) is 10.7. The van der Waals surface area contributed by atoms with Crippen molar-refractivity contribution in [3.63, 3.8) is 0 Å². The van der Waals surface area contributed by atoms with E-state index in [-0.39, 0.29) is 21.8 Å². The highest BCUT2D eigenvalue weighted by molar-refractivity contribution is 7.35. The molecule has 0 unspecified atom stereocenters. The van der Waals surface area contributed by atoms with Gasteiger partial charge >= 0.3 is 30.7 Å². The van der Waals surface area contributed by atoms with Crippen LogP contribution in [0, 0.1) is 0 Å². The number of hydrogen-bond donors (Lipinski definition) is 0. The first-order chi connectivity index (χ1) is 9.75. The van der Waals surface area contributed by atoms with Crippen LogP contribution in [0.3, 0.4) is 0 Å². The summed E-state index contributed by atoms with van der Waals surface area (Å²) in [4.78, 5) is 30.1. The topological polar surface area (TPSA) is 125 Å². The minimum atomic E-state index is -3.33. The van der Waals surface area contributed by atoms with Gasteiger partial charge in [0.25, 0.3) is 0 Å². The molecule has 21 heavy (non-hydrogen) atoms. The van der Waals surface area contributed by atoms with Crippen molar-refractivity contribution in [2.75, 3.05) is 14.2 Å². The number of hydrogen-bond acceptors (Lipinski definition) is 4. The zero-order chi connectivity index (χ0) is 16.8. The molecule has 0 fully saturated rings. The summed E-state index contributed by atoms with van der Waals surface area (Å²) in [5.74, 6) is -1.73. The molecule has 0 N–H and O–H groups in total. The molecule has 0 saturated heterocycles. The van der Waals surface area contributed by atoms with Crippen molar-refractivity contribution < 1.29 is 28.6 Å². The van der Waals surface area contributed by atoms with Crippen LogP contribution in [0.25, 0.3) is 11.1 Å². The van der Waals surface area contributed by atoms with Gasteiger partial charge in [-0.3, -0.25) is 0 Å². The maximum Gasteiger partial charge on any atom is 0.410 e. The van der Waals surface area contributed by atoms with Crippen LogP contribution >= 0.6 is 0 Å². The smallest absolute Gasteiger partial charge is 0.410 e. The van der Waals surface area contributed by atoms with Crippen LogP contribution < -0.4 is 0 Å². The SMILES string of the molecule is COC(=O)C(=[N+]=[N-])[Si](C(=[N+]=[N-])C(=O)OC)(C(C)C)C(C)C. The highest BCUT2D eigenvalue weighted by Crippen LogP contribution is 2.34. The number of ether oxygens (including phenoxy) is 2. The van der Waals surface area contributed by atoms with Gasteiger partial charge in [-0.1, -0.05) is 27.7 Å². The molecule has 0 aromatic rings. The van der Waals surface area contributed by atoms with Gasteiger partial charge in [0.2, 0.25) is 0 Å². The quantitative estimate of drug-likeness (QED) is 0.238. The maximum atomic E-state index is 12.0. The zero-order valence-electron chi connectivity index (χ0n) is 13.1. The Morgan fingerprint density at radius 3 is 1.29 bits per heavy atom. The van der Waals surface area contributed by atoms with Gasteiger partial charge in [0.05, 0.1) is 14.2 Å². The summed E-state index contributed by atoms with van der Waals surface area (Å²) in [6.07, 6.45) is 0. The monoisotopic (exact) mass is 312 g/mol. The molecule has 116 valence electrons. The van der Waals surface area contributed by atoms with Crippen molar-refractivity contribution in [2.45, 2.75) is 38.8 Å². The fourth-order valence-corrected chi connectivity index (χ4v) is 7.61. The summed E-state index contributed by atoms with van der Waals surface area (Å²) >= 11 is 0. The summed E-state index contributed by atoms with van der Waals surface area (Å²) in [5, 5.41) is -0.568. The third-order valence-corrected chi connectivity index (χ3v) is 9.38. The van der Waals surface area contributed by atoms with Gasteiger partial charge in [-0.25, -0.2) is 9.59 Å². The molecule has 0 aliphatic carbocycles. The lowest BCUT2D eigenvalue weighted by molar-refractivity contribution is -0.136. The molecule has 0 rings (SSSR count). The summed E-state index contributed by atoms with van der Waals surface area (Å²) in [6.45, 7) is 7.03. The van der Waals surface area contributed by atoms with E-state index < -0.39 is 20.0 Å². The van der Waals surface area contributed by atoms with Crippen molar-refractivity contribution in [3.05, 3.63) is 11.1 Å². The van der Waals surface area contributed by atoms with Gasteiger partial charge < -0.3 is 20.5 Å². The van der Waals surface area contributed by atoms with Gasteiger partial charge in [-0.2, -0.15) is 9.58 Å². The molecule has 0 aliphatic rings. The average molecular weight is 312 g/mol. The first-order valence-electron chi connectivity index (χ1n) is 6.37. The first-order valence-corrected chi connectivity index (χ1v) is 8.52. The minimum absolute atomic E-state index is 0.284. The maximum absolute atomic E-state index is 12.0. The predicted molar refractivity (Wildman–Crippen MR) is 77.2 cm³/mol. The second kappa shape index (κ2) is 7.63. The van der Waals surface area contributed by atoms with E-state index >= 15 is 0 Å². The lowest BCUT2D eigenvalue weighted by Gasteiger charge is -2.27. The van der Waals surface area contributed by atoms with E-state index in [1.54, 1.807) is 27.7 Å². The van der Waals surface area contributed by atoms with Crippen molar-refractivity contribution >= 4 is 30.7 Å². The third kappa shape index (κ3) is 3.16. The van der Waals surface area contributed by atoms with Gasteiger partial charge in [-0.05, 0) is 11.1 Å². The van der Waals surface area contributed by atoms with Gasteiger partial charge in [-0.15, -0.1) is 0 Å². The fourth-order valence-electron chi connectivity index (χ4n) is 2.65. The van der Waals surface area contributed by atoms with Crippen LogP contribution in [0.15, 0.2) is 0 Å². The molecule has 0 atom stereocenters. The lowest BCUT2D eigenvalue weighted by Crippen LogP contribution is -2.63. The van der Waals surface area contributed by atoms with Crippen LogP contribution in [-0.2, 0) is 19.1 Å². The Bertz CT molecular complexity index is 483. The molecule has 0 aromatic carbocycles. The largest absolute Gasteiger partial charge is 0.461 e. The van der Waals surface area contributed by atoms with Crippen LogP contribution in [0.1, 0.15) is 27.7 Å². The minimum Gasteiger partial charge on any atom is -0.461 e. The van der Waals surface area contributed by atoms with Crippen LogP contribution in [0.4, 0.5) is 0 Å². The molecular weight excluding hydrogens is 292 g/mol. The zero-order valence-corrected chi connectivity index (χ0v) is 14.1. The van der Waals surface area contributed by atoms with E-state index in [0.29, 0.717) is 0 Å². The van der Waals surface area contributed by atoms with E-state index in [9.17, 15) is 20.7 Å². The molecule has 0 heterocycles. The molecule has 0 radical (unpaired) electrons. The van der Waals surface area contributed by atoms with E-state index in [2.05, 4.69) is 19.1 Å². The van der Waals surface area contributed by atoms with Crippen molar-refractivity contribution in [2.24, 2.45) is 0 Å². The lowest BCUT2D eigenvalue weighted by atomic mass is 10.5. The molecule has 0 aliphatic heterocycles. The van der Waals surface area contributed by atoms with Gasteiger partial charge in [0, 0.05) is 0 Å². The van der Waals surface area contributed by atoms with E-state index in [4.69, 9.17) is 0 Å². The Hall–Kier alpha value is -2.08. The third-order valence-electron chi connectivity index (χ3n) is 3.56. The average Bonchev–Trinajstić information content (AvgIpc) is 2.45. The summed E-state index contributed by atoms with van der Waals surface area (Å²) < 4.78 is 9.27. The van der Waals surface area contributed by atoms with Crippen LogP contribution in [0.2, 0.25) is 11.1 Å². The predicted octanol–water partition coefficient (Wildman–Crippen LogP) is 1.02. The highest BCUT2D eigenvalue weighted by Gasteiger charge is 2.67. The molecule has 8 nitrogen and oxygen atoms in total. The van der Waals surface area contributed by atoms with E-state index in [0.717, 1.165) is 14.2 Å². The van der Waals surface area contributed by atoms with E-state index in [1.807, 2.05) is 0 Å². The molecule has 9 heteroatoms. The Morgan fingerprint density at radius 2 is 1.14 bits per heavy atom. The number of nitrogens with zero attached hydrogens (tertiary/aromatic N) is 4. The molecule has 0 amide bonds. The number of carbonyl (C=O) groups is 2. The second-order valence-corrected chi connectivity index (χ2v) is 10.1. The highest BCUT2D eigenvalue weighted by atomic mass is 28.3. The number of carbonyl (C=O) groups excluding carboxylic acids is 2. The molecule has 0 bridgehead atoms. The Labute approximate surface area is 124 Å². The Balaban J connectivity index is 6.67. The number of rotatable bonds is 6. The Morgan fingerprint density at radius 1 is 0.857 bits per heavy atom. The molecule has 0 spiro atoms. The second-order valence-electron chi connectivity index (χ2n) is 5.06. The Kier molecular flexibility index (Phi) is 6.88. The van der Waals surface area contributed by atoms with Crippen molar-refractivity contribution in [1.29, 1.82) is 0 Å². The molecule has 0 saturated carbocycles. The molecular formula is C12H20N4O4Si. The van der Waals surface area contributed by atoms with Crippen LogP contribution in [-0.4, -0.2) is 54.5 Å².